The van der Waals surface area contributed by atoms with E-state index in [4.69, 9.17) is 8.92 Å². The van der Waals surface area contributed by atoms with Crippen LogP contribution in [0.15, 0.2) is 0 Å². The summed E-state index contributed by atoms with van der Waals surface area (Å²) < 4.78 is 14.1. The maximum absolute atomic E-state index is 11.6. The Morgan fingerprint density at radius 3 is 2.56 bits per heavy atom. The number of carbonyl (C=O) groups excluding carboxylic acids is 2. The highest BCUT2D eigenvalue weighted by Crippen LogP contribution is 2.08. The summed E-state index contributed by atoms with van der Waals surface area (Å²) in [7, 11) is 1.66. The second-order valence-corrected chi connectivity index (χ2v) is 4.13. The highest BCUT2D eigenvalue weighted by atomic mass is 32.2. The molecule has 0 aliphatic rings. The van der Waals surface area contributed by atoms with E-state index >= 15 is 0 Å². The Kier molecular flexibility index (Phi) is 10.8. The third-order valence-corrected chi connectivity index (χ3v) is 2.66. The Hall–Kier alpha value is -0.790. The van der Waals surface area contributed by atoms with E-state index in [1.165, 1.54) is 6.92 Å². The van der Waals surface area contributed by atoms with Gasteiger partial charge in [0.25, 0.3) is 12.3 Å². The monoisotopic (exact) mass is 279 g/mol. The maximum Gasteiger partial charge on any atom is 0.337 e. The summed E-state index contributed by atoms with van der Waals surface area (Å²) in [6.45, 7) is 4.55. The van der Waals surface area contributed by atoms with Gasteiger partial charge in [0.2, 0.25) is 0 Å². The van der Waals surface area contributed by atoms with Crippen molar-refractivity contribution < 1.29 is 22.7 Å². The van der Waals surface area contributed by atoms with Crippen molar-refractivity contribution in [2.24, 2.45) is 0 Å². The van der Waals surface area contributed by atoms with Gasteiger partial charge >= 0.3 is 11.9 Å². The molecule has 106 valence electrons. The van der Waals surface area contributed by atoms with E-state index in [1.807, 2.05) is 6.92 Å². The van der Waals surface area contributed by atoms with Crippen LogP contribution in [0.1, 0.15) is 33.1 Å². The number of nitrogens with one attached hydrogen (secondary N) is 1. The van der Waals surface area contributed by atoms with Crippen molar-refractivity contribution in [2.45, 2.75) is 39.2 Å². The molecule has 7 heteroatoms. The summed E-state index contributed by atoms with van der Waals surface area (Å²) in [4.78, 5) is 22.0. The third-order valence-electron chi connectivity index (χ3n) is 2.13. The number of unbranched alkanes of at least 4 members (excludes halogenated alkanes) is 1. The molecule has 1 unspecified atom stereocenters. The minimum absolute atomic E-state index is 0.379. The van der Waals surface area contributed by atoms with Crippen molar-refractivity contribution in [1.82, 2.24) is 5.32 Å². The molecule has 0 aromatic rings. The first-order chi connectivity index (χ1) is 8.61. The van der Waals surface area contributed by atoms with E-state index < -0.39 is 11.9 Å². The van der Waals surface area contributed by atoms with E-state index in [9.17, 15) is 9.59 Å². The first kappa shape index (κ1) is 17.2. The van der Waals surface area contributed by atoms with Gasteiger partial charge in [-0.25, -0.2) is 4.79 Å². The van der Waals surface area contributed by atoms with Crippen LogP contribution in [0, 0.1) is 0 Å². The Labute approximate surface area is 112 Å². The fourth-order valence-corrected chi connectivity index (χ4v) is 1.51. The smallest absolute Gasteiger partial charge is 0.337 e. The molecule has 1 N–H and O–H groups in total. The van der Waals surface area contributed by atoms with Gasteiger partial charge in [-0.15, -0.1) is 0 Å². The van der Waals surface area contributed by atoms with Crippen LogP contribution >= 0.6 is 12.3 Å². The van der Waals surface area contributed by atoms with Crippen LogP contribution < -0.4 is 5.32 Å². The average Bonchev–Trinajstić information content (AvgIpc) is 2.33. The Morgan fingerprint density at radius 2 is 2.00 bits per heavy atom. The lowest BCUT2D eigenvalue weighted by molar-refractivity contribution is -0.136. The van der Waals surface area contributed by atoms with Crippen molar-refractivity contribution in [3.8, 4) is 0 Å². The molecule has 18 heavy (non-hydrogen) atoms. The molecule has 0 aliphatic heterocycles. The number of ether oxygens (including phenoxy) is 1. The molecule has 1 atom stereocenters. The molecule has 0 amide bonds. The van der Waals surface area contributed by atoms with Gasteiger partial charge in [0.15, 0.2) is 0 Å². The van der Waals surface area contributed by atoms with Crippen molar-refractivity contribution in [1.29, 1.82) is 0 Å². The minimum Gasteiger partial charge on any atom is -0.385 e. The topological polar surface area (TPSA) is 73.9 Å². The van der Waals surface area contributed by atoms with E-state index in [0.29, 0.717) is 25.4 Å². The van der Waals surface area contributed by atoms with Gasteiger partial charge in [-0.3, -0.25) is 4.79 Å². The van der Waals surface area contributed by atoms with Gasteiger partial charge in [-0.05, 0) is 25.8 Å². The largest absolute Gasteiger partial charge is 0.385 e. The number of hydrogen-bond acceptors (Lipinski definition) is 7. The molecule has 0 aromatic heterocycles. The first-order valence-electron chi connectivity index (χ1n) is 5.89. The van der Waals surface area contributed by atoms with Crippen LogP contribution in [-0.4, -0.2) is 38.2 Å². The molecule has 0 saturated carbocycles. The second kappa shape index (κ2) is 11.3. The number of rotatable bonds is 10. The number of carbonyl (C=O) groups is 2. The maximum atomic E-state index is 11.6. The molecule has 0 spiro atoms. The summed E-state index contributed by atoms with van der Waals surface area (Å²) in [6, 6.07) is -0.379. The van der Waals surface area contributed by atoms with Crippen LogP contribution in [0.3, 0.4) is 0 Å². The predicted molar refractivity (Wildman–Crippen MR) is 68.6 cm³/mol. The fourth-order valence-electron chi connectivity index (χ4n) is 1.20. The molecular formula is C11H21NO5S. The Morgan fingerprint density at radius 1 is 1.28 bits per heavy atom. The van der Waals surface area contributed by atoms with Gasteiger partial charge in [0, 0.05) is 20.6 Å². The van der Waals surface area contributed by atoms with Crippen molar-refractivity contribution >= 4 is 24.3 Å². The lowest BCUT2D eigenvalue weighted by Gasteiger charge is -2.14. The average molecular weight is 279 g/mol. The zero-order valence-corrected chi connectivity index (χ0v) is 11.9. The molecule has 0 bridgehead atoms. The SMILES string of the molecule is CCC(NCCCCOC)C(=O)OSOC(C)=O. The van der Waals surface area contributed by atoms with Crippen LogP contribution in [0.5, 0.6) is 0 Å². The van der Waals surface area contributed by atoms with Crippen LogP contribution in [0.4, 0.5) is 0 Å². The van der Waals surface area contributed by atoms with Gasteiger partial charge < -0.3 is 18.4 Å². The molecule has 6 nitrogen and oxygen atoms in total. The molecule has 0 rings (SSSR count). The summed E-state index contributed by atoms with van der Waals surface area (Å²) in [6.07, 6.45) is 2.48. The van der Waals surface area contributed by atoms with Gasteiger partial charge in [-0.2, -0.15) is 0 Å². The molecule has 0 saturated heterocycles. The minimum atomic E-state index is -0.506. The van der Waals surface area contributed by atoms with Gasteiger partial charge in [0.05, 0.1) is 0 Å². The lowest BCUT2D eigenvalue weighted by atomic mass is 10.2. The molecule has 0 radical (unpaired) electrons. The summed E-state index contributed by atoms with van der Waals surface area (Å²) in [5.74, 6) is -0.941. The Balaban J connectivity index is 3.71. The molecule has 0 aliphatic carbocycles. The molecular weight excluding hydrogens is 258 g/mol. The third kappa shape index (κ3) is 9.26. The zero-order valence-electron chi connectivity index (χ0n) is 11.1. The van der Waals surface area contributed by atoms with Gasteiger partial charge in [0.1, 0.15) is 6.04 Å². The number of methoxy groups -OCH3 is 1. The normalized spacial score (nSPS) is 11.9. The van der Waals surface area contributed by atoms with Crippen molar-refractivity contribution in [3.05, 3.63) is 0 Å². The molecule has 0 heterocycles. The highest BCUT2D eigenvalue weighted by molar-refractivity contribution is 7.90. The quantitative estimate of drug-likeness (QED) is 0.479. The number of hydrogen-bond donors (Lipinski definition) is 1. The fraction of sp³-hybridized carbons (Fsp3) is 0.818. The lowest BCUT2D eigenvalue weighted by Crippen LogP contribution is -2.37. The standard InChI is InChI=1S/C11H21NO5S/c1-4-10(12-7-5-6-8-15-3)11(14)17-18-16-9(2)13/h10,12H,4-8H2,1-3H3. The second-order valence-electron chi connectivity index (χ2n) is 3.66. The summed E-state index contributed by atoms with van der Waals surface area (Å²) in [5, 5.41) is 3.08. The van der Waals surface area contributed by atoms with Gasteiger partial charge in [-0.1, -0.05) is 6.92 Å². The van der Waals surface area contributed by atoms with Crippen LogP contribution in [0.2, 0.25) is 0 Å². The van der Waals surface area contributed by atoms with E-state index in [0.717, 1.165) is 19.4 Å². The van der Waals surface area contributed by atoms with E-state index in [1.54, 1.807) is 7.11 Å². The van der Waals surface area contributed by atoms with Crippen molar-refractivity contribution in [3.63, 3.8) is 0 Å². The van der Waals surface area contributed by atoms with E-state index in [2.05, 4.69) is 9.50 Å². The Bertz CT molecular complexity index is 250. The zero-order chi connectivity index (χ0) is 13.8. The highest BCUT2D eigenvalue weighted by Gasteiger charge is 2.18. The predicted octanol–water partition coefficient (Wildman–Crippen LogP) is 1.45. The molecule has 0 aromatic carbocycles. The van der Waals surface area contributed by atoms with Crippen molar-refractivity contribution in [2.75, 3.05) is 20.3 Å². The van der Waals surface area contributed by atoms with E-state index in [-0.39, 0.29) is 6.04 Å². The first-order valence-corrected chi connectivity index (χ1v) is 6.56. The van der Waals surface area contributed by atoms with Crippen LogP contribution in [-0.2, 0) is 22.7 Å². The summed E-state index contributed by atoms with van der Waals surface area (Å²) >= 11 is 0.401. The van der Waals surface area contributed by atoms with Crippen LogP contribution in [0.25, 0.3) is 0 Å². The summed E-state index contributed by atoms with van der Waals surface area (Å²) in [5.41, 5.74) is 0. The molecule has 0 fully saturated rings.